The molecule has 1 aromatic carbocycles. The van der Waals surface area contributed by atoms with E-state index >= 15 is 0 Å². The number of methoxy groups -OCH3 is 1. The molecule has 0 N–H and O–H groups in total. The molecule has 0 spiro atoms. The molecule has 0 aliphatic carbocycles. The molecular formula is C13H18N2O2. The highest BCUT2D eigenvalue weighted by Gasteiger charge is 2.22. The van der Waals surface area contributed by atoms with Crippen LogP contribution in [0.5, 0.6) is 0 Å². The van der Waals surface area contributed by atoms with Gasteiger partial charge in [-0.1, -0.05) is 12.1 Å². The Morgan fingerprint density at radius 1 is 1.29 bits per heavy atom. The second-order valence-corrected chi connectivity index (χ2v) is 4.24. The Kier molecular flexibility index (Phi) is 3.64. The molecule has 4 nitrogen and oxygen atoms in total. The number of nitrogens with zero attached hydrogens (tertiary/aromatic N) is 2. The van der Waals surface area contributed by atoms with Crippen molar-refractivity contribution in [2.24, 2.45) is 0 Å². The number of ether oxygens (including phenoxy) is 1. The lowest BCUT2D eigenvalue weighted by Crippen LogP contribution is -2.34. The van der Waals surface area contributed by atoms with Gasteiger partial charge < -0.3 is 14.5 Å². The van der Waals surface area contributed by atoms with Crippen LogP contribution in [-0.2, 0) is 9.53 Å². The summed E-state index contributed by atoms with van der Waals surface area (Å²) in [6.45, 7) is 1.86. The second kappa shape index (κ2) is 5.19. The van der Waals surface area contributed by atoms with Gasteiger partial charge in [0.15, 0.2) is 0 Å². The van der Waals surface area contributed by atoms with E-state index in [-0.39, 0.29) is 12.5 Å². The average molecular weight is 234 g/mol. The van der Waals surface area contributed by atoms with Crippen LogP contribution in [0.2, 0.25) is 0 Å². The maximum Gasteiger partial charge on any atom is 0.253 e. The molecule has 0 aromatic heterocycles. The third-order valence-corrected chi connectivity index (χ3v) is 3.03. The first kappa shape index (κ1) is 11.9. The summed E-state index contributed by atoms with van der Waals surface area (Å²) in [5, 5.41) is 0. The van der Waals surface area contributed by atoms with Crippen molar-refractivity contribution in [2.75, 3.05) is 43.7 Å². The molecular weight excluding hydrogens is 216 g/mol. The number of carbonyl (C=O) groups excluding carboxylic acids is 1. The number of fused-ring (bicyclic) bond motifs is 1. The van der Waals surface area contributed by atoms with Crippen LogP contribution in [0.25, 0.3) is 0 Å². The SMILES string of the molecule is COCC(=O)N1CCCN(C)c2ccccc21. The third-order valence-electron chi connectivity index (χ3n) is 3.03. The monoisotopic (exact) mass is 234 g/mol. The van der Waals surface area contributed by atoms with Gasteiger partial charge in [-0.3, -0.25) is 4.79 Å². The molecule has 0 unspecified atom stereocenters. The van der Waals surface area contributed by atoms with Crippen LogP contribution < -0.4 is 9.80 Å². The number of rotatable bonds is 2. The van der Waals surface area contributed by atoms with Crippen LogP contribution in [-0.4, -0.2) is 39.8 Å². The Morgan fingerprint density at radius 3 is 2.71 bits per heavy atom. The maximum absolute atomic E-state index is 12.0. The highest BCUT2D eigenvalue weighted by molar-refractivity contribution is 5.97. The van der Waals surface area contributed by atoms with Gasteiger partial charge in [-0.15, -0.1) is 0 Å². The van der Waals surface area contributed by atoms with Gasteiger partial charge in [0.2, 0.25) is 0 Å². The largest absolute Gasteiger partial charge is 0.375 e. The molecule has 17 heavy (non-hydrogen) atoms. The van der Waals surface area contributed by atoms with Crippen LogP contribution >= 0.6 is 0 Å². The molecule has 0 saturated heterocycles. The summed E-state index contributed by atoms with van der Waals surface area (Å²) in [6.07, 6.45) is 0.973. The van der Waals surface area contributed by atoms with Crippen molar-refractivity contribution in [3.8, 4) is 0 Å². The van der Waals surface area contributed by atoms with Crippen molar-refractivity contribution < 1.29 is 9.53 Å². The Labute approximate surface area is 102 Å². The fraction of sp³-hybridized carbons (Fsp3) is 0.462. The molecule has 1 amide bonds. The van der Waals surface area contributed by atoms with Gasteiger partial charge in [-0.05, 0) is 18.6 Å². The van der Waals surface area contributed by atoms with Gasteiger partial charge in [-0.25, -0.2) is 0 Å². The van der Waals surface area contributed by atoms with Gasteiger partial charge in [-0.2, -0.15) is 0 Å². The normalized spacial score (nSPS) is 15.4. The van der Waals surface area contributed by atoms with Gasteiger partial charge in [0, 0.05) is 27.2 Å². The molecule has 1 heterocycles. The summed E-state index contributed by atoms with van der Waals surface area (Å²) in [4.78, 5) is 16.0. The summed E-state index contributed by atoms with van der Waals surface area (Å²) in [7, 11) is 3.61. The molecule has 0 saturated carbocycles. The van der Waals surface area contributed by atoms with Crippen LogP contribution in [0.1, 0.15) is 6.42 Å². The van der Waals surface area contributed by atoms with E-state index in [0.717, 1.165) is 30.9 Å². The van der Waals surface area contributed by atoms with E-state index in [9.17, 15) is 4.79 Å². The van der Waals surface area contributed by atoms with Crippen LogP contribution in [0, 0.1) is 0 Å². The van der Waals surface area contributed by atoms with E-state index < -0.39 is 0 Å². The van der Waals surface area contributed by atoms with E-state index in [1.54, 1.807) is 7.11 Å². The Hall–Kier alpha value is -1.55. The summed E-state index contributed by atoms with van der Waals surface area (Å²) in [5.41, 5.74) is 2.09. The van der Waals surface area contributed by atoms with Crippen molar-refractivity contribution >= 4 is 17.3 Å². The zero-order chi connectivity index (χ0) is 12.3. The minimum atomic E-state index is 0.0234. The minimum absolute atomic E-state index is 0.0234. The number of anilines is 2. The topological polar surface area (TPSA) is 32.8 Å². The number of carbonyl (C=O) groups is 1. The molecule has 1 aliphatic heterocycles. The standard InChI is InChI=1S/C13H18N2O2/c1-14-8-5-9-15(13(16)10-17-2)12-7-4-3-6-11(12)14/h3-4,6-7H,5,8-10H2,1-2H3. The summed E-state index contributed by atoms with van der Waals surface area (Å²) < 4.78 is 4.93. The number of para-hydroxylation sites is 2. The molecule has 0 fully saturated rings. The lowest BCUT2D eigenvalue weighted by Gasteiger charge is -2.23. The average Bonchev–Trinajstić information content (AvgIpc) is 2.50. The smallest absolute Gasteiger partial charge is 0.253 e. The van der Waals surface area contributed by atoms with Crippen molar-refractivity contribution in [1.82, 2.24) is 0 Å². The van der Waals surface area contributed by atoms with E-state index in [2.05, 4.69) is 11.9 Å². The molecule has 4 heteroatoms. The molecule has 0 bridgehead atoms. The zero-order valence-electron chi connectivity index (χ0n) is 10.3. The predicted octanol–water partition coefficient (Wildman–Crippen LogP) is 1.51. The molecule has 0 radical (unpaired) electrons. The number of hydrogen-bond donors (Lipinski definition) is 0. The molecule has 1 aromatic rings. The van der Waals surface area contributed by atoms with Gasteiger partial charge in [0.25, 0.3) is 5.91 Å². The van der Waals surface area contributed by atoms with Crippen LogP contribution in [0.4, 0.5) is 11.4 Å². The summed E-state index contributed by atoms with van der Waals surface area (Å²) in [5.74, 6) is 0.0234. The molecule has 2 rings (SSSR count). The summed E-state index contributed by atoms with van der Waals surface area (Å²) >= 11 is 0. The van der Waals surface area contributed by atoms with Gasteiger partial charge >= 0.3 is 0 Å². The first-order chi connectivity index (χ1) is 8.24. The maximum atomic E-state index is 12.0. The van der Waals surface area contributed by atoms with Crippen molar-refractivity contribution in [3.63, 3.8) is 0 Å². The molecule has 0 atom stereocenters. The Balaban J connectivity index is 2.35. The minimum Gasteiger partial charge on any atom is -0.375 e. The lowest BCUT2D eigenvalue weighted by molar-refractivity contribution is -0.122. The summed E-state index contributed by atoms with van der Waals surface area (Å²) in [6, 6.07) is 8.00. The van der Waals surface area contributed by atoms with Crippen LogP contribution in [0.3, 0.4) is 0 Å². The number of amides is 1. The van der Waals surface area contributed by atoms with Crippen molar-refractivity contribution in [2.45, 2.75) is 6.42 Å². The van der Waals surface area contributed by atoms with Gasteiger partial charge in [0.05, 0.1) is 11.4 Å². The highest BCUT2D eigenvalue weighted by atomic mass is 16.5. The highest BCUT2D eigenvalue weighted by Crippen LogP contribution is 2.31. The van der Waals surface area contributed by atoms with Crippen LogP contribution in [0.15, 0.2) is 24.3 Å². The quantitative estimate of drug-likeness (QED) is 0.777. The fourth-order valence-corrected chi connectivity index (χ4v) is 2.18. The molecule has 1 aliphatic rings. The first-order valence-corrected chi connectivity index (χ1v) is 5.83. The van der Waals surface area contributed by atoms with E-state index in [4.69, 9.17) is 4.74 Å². The van der Waals surface area contributed by atoms with E-state index in [1.807, 2.05) is 29.2 Å². The zero-order valence-corrected chi connectivity index (χ0v) is 10.3. The Morgan fingerprint density at radius 2 is 2.00 bits per heavy atom. The molecule has 92 valence electrons. The van der Waals surface area contributed by atoms with E-state index in [1.165, 1.54) is 0 Å². The number of benzene rings is 1. The van der Waals surface area contributed by atoms with Crippen molar-refractivity contribution in [3.05, 3.63) is 24.3 Å². The lowest BCUT2D eigenvalue weighted by atomic mass is 10.2. The van der Waals surface area contributed by atoms with Gasteiger partial charge in [0.1, 0.15) is 6.61 Å². The first-order valence-electron chi connectivity index (χ1n) is 5.83. The fourth-order valence-electron chi connectivity index (χ4n) is 2.18. The third kappa shape index (κ3) is 2.42. The predicted molar refractivity (Wildman–Crippen MR) is 68.6 cm³/mol. The van der Waals surface area contributed by atoms with Crippen molar-refractivity contribution in [1.29, 1.82) is 0 Å². The Bertz CT molecular complexity index is 406. The number of hydrogen-bond acceptors (Lipinski definition) is 3. The van der Waals surface area contributed by atoms with E-state index in [0.29, 0.717) is 0 Å². The second-order valence-electron chi connectivity index (χ2n) is 4.24.